The van der Waals surface area contributed by atoms with Crippen LogP contribution in [0, 0.1) is 5.92 Å². The minimum Gasteiger partial charge on any atom is -0.315 e. The molecule has 1 unspecified atom stereocenters. The lowest BCUT2D eigenvalue weighted by atomic mass is 9.85. The van der Waals surface area contributed by atoms with Gasteiger partial charge in [-0.05, 0) is 18.8 Å². The second kappa shape index (κ2) is 2.01. The van der Waals surface area contributed by atoms with Crippen LogP contribution in [-0.4, -0.2) is 5.50 Å². The van der Waals surface area contributed by atoms with Gasteiger partial charge in [-0.2, -0.15) is 0 Å². The van der Waals surface area contributed by atoms with E-state index in [1.54, 1.807) is 0 Å². The van der Waals surface area contributed by atoms with Crippen LogP contribution in [0.25, 0.3) is 0 Å². The molecule has 0 heterocycles. The Balaban J connectivity index is 2.14. The Bertz CT molecular complexity index is 59.1. The first-order chi connectivity index (χ1) is 3.30. The molecule has 0 spiro atoms. The second-order valence-corrected chi connectivity index (χ2v) is 2.64. The SMILES string of the molecule is NC(Cl)C1CCC1. The number of hydrogen-bond acceptors (Lipinski definition) is 1. The molecule has 1 fully saturated rings. The highest BCUT2D eigenvalue weighted by atomic mass is 35.5. The Hall–Kier alpha value is 0.250. The van der Waals surface area contributed by atoms with Crippen LogP contribution in [0.15, 0.2) is 0 Å². The molecule has 2 heteroatoms. The Labute approximate surface area is 48.8 Å². The Kier molecular flexibility index (Phi) is 1.55. The number of nitrogens with two attached hydrogens (primary N) is 1. The summed E-state index contributed by atoms with van der Waals surface area (Å²) in [7, 11) is 0. The molecule has 1 nitrogen and oxygen atoms in total. The average molecular weight is 120 g/mol. The molecule has 1 aliphatic carbocycles. The van der Waals surface area contributed by atoms with Gasteiger partial charge in [0.1, 0.15) is 0 Å². The van der Waals surface area contributed by atoms with Crippen LogP contribution >= 0.6 is 11.6 Å². The van der Waals surface area contributed by atoms with E-state index in [0.29, 0.717) is 5.92 Å². The quantitative estimate of drug-likeness (QED) is 0.409. The Morgan fingerprint density at radius 1 is 1.57 bits per heavy atom. The lowest BCUT2D eigenvalue weighted by molar-refractivity contribution is 0.306. The molecule has 42 valence electrons. The minimum atomic E-state index is -0.0752. The highest BCUT2D eigenvalue weighted by Crippen LogP contribution is 2.29. The van der Waals surface area contributed by atoms with Crippen LogP contribution in [0.2, 0.25) is 0 Å². The molecule has 2 N–H and O–H groups in total. The largest absolute Gasteiger partial charge is 0.315 e. The maximum absolute atomic E-state index is 5.56. The number of rotatable bonds is 1. The van der Waals surface area contributed by atoms with Gasteiger partial charge in [-0.25, -0.2) is 0 Å². The summed E-state index contributed by atoms with van der Waals surface area (Å²) >= 11 is 5.56. The van der Waals surface area contributed by atoms with Crippen molar-refractivity contribution in [3.63, 3.8) is 0 Å². The summed E-state index contributed by atoms with van der Waals surface area (Å²) in [6.45, 7) is 0. The third-order valence-corrected chi connectivity index (χ3v) is 1.96. The topological polar surface area (TPSA) is 26.0 Å². The van der Waals surface area contributed by atoms with Crippen molar-refractivity contribution in [1.29, 1.82) is 0 Å². The Morgan fingerprint density at radius 3 is 2.14 bits per heavy atom. The molecular weight excluding hydrogens is 110 g/mol. The van der Waals surface area contributed by atoms with Gasteiger partial charge in [-0.3, -0.25) is 0 Å². The van der Waals surface area contributed by atoms with E-state index in [0.717, 1.165) is 0 Å². The molecule has 1 aliphatic rings. The first-order valence-electron chi connectivity index (χ1n) is 2.70. The van der Waals surface area contributed by atoms with Crippen LogP contribution < -0.4 is 5.73 Å². The van der Waals surface area contributed by atoms with Crippen LogP contribution in [0.1, 0.15) is 19.3 Å². The third-order valence-electron chi connectivity index (χ3n) is 1.60. The van der Waals surface area contributed by atoms with E-state index in [2.05, 4.69) is 0 Å². The molecule has 0 saturated heterocycles. The standard InChI is InChI=1S/C5H10ClN/c6-5(7)4-2-1-3-4/h4-5H,1-3,7H2. The van der Waals surface area contributed by atoms with Gasteiger partial charge in [-0.1, -0.05) is 6.42 Å². The monoisotopic (exact) mass is 119 g/mol. The first kappa shape index (κ1) is 5.39. The normalized spacial score (nSPS) is 26.6. The van der Waals surface area contributed by atoms with Gasteiger partial charge in [0.05, 0.1) is 5.50 Å². The van der Waals surface area contributed by atoms with E-state index < -0.39 is 0 Å². The average Bonchev–Trinajstić information content (AvgIpc) is 1.23. The molecule has 1 rings (SSSR count). The molecule has 0 bridgehead atoms. The molecule has 7 heavy (non-hydrogen) atoms. The van der Waals surface area contributed by atoms with Crippen LogP contribution in [-0.2, 0) is 0 Å². The van der Waals surface area contributed by atoms with Crippen molar-refractivity contribution in [2.45, 2.75) is 24.8 Å². The van der Waals surface area contributed by atoms with Crippen molar-refractivity contribution in [1.82, 2.24) is 0 Å². The molecule has 0 aromatic carbocycles. The number of alkyl halides is 1. The van der Waals surface area contributed by atoms with E-state index in [1.807, 2.05) is 0 Å². The van der Waals surface area contributed by atoms with Crippen molar-refractivity contribution in [2.24, 2.45) is 11.7 Å². The molecule has 0 aromatic rings. The summed E-state index contributed by atoms with van der Waals surface area (Å²) in [4.78, 5) is 0. The summed E-state index contributed by atoms with van der Waals surface area (Å²) < 4.78 is 0. The first-order valence-corrected chi connectivity index (χ1v) is 3.14. The van der Waals surface area contributed by atoms with Crippen molar-refractivity contribution in [3.05, 3.63) is 0 Å². The number of halogens is 1. The van der Waals surface area contributed by atoms with Gasteiger partial charge < -0.3 is 5.73 Å². The van der Waals surface area contributed by atoms with Crippen molar-refractivity contribution in [3.8, 4) is 0 Å². The smallest absolute Gasteiger partial charge is 0.0829 e. The molecule has 0 aromatic heterocycles. The zero-order valence-corrected chi connectivity index (χ0v) is 4.99. The number of hydrogen-bond donors (Lipinski definition) is 1. The lowest BCUT2D eigenvalue weighted by Gasteiger charge is -2.26. The van der Waals surface area contributed by atoms with Gasteiger partial charge in [0.15, 0.2) is 0 Å². The van der Waals surface area contributed by atoms with E-state index in [-0.39, 0.29) is 5.50 Å². The predicted octanol–water partition coefficient (Wildman–Crippen LogP) is 1.31. The van der Waals surface area contributed by atoms with Crippen molar-refractivity contribution in [2.75, 3.05) is 0 Å². The summed E-state index contributed by atoms with van der Waals surface area (Å²) in [5, 5.41) is 0. The fraction of sp³-hybridized carbons (Fsp3) is 1.00. The molecule has 0 aliphatic heterocycles. The maximum Gasteiger partial charge on any atom is 0.0829 e. The van der Waals surface area contributed by atoms with E-state index in [1.165, 1.54) is 19.3 Å². The second-order valence-electron chi connectivity index (χ2n) is 2.14. The van der Waals surface area contributed by atoms with Crippen LogP contribution in [0.4, 0.5) is 0 Å². The molecular formula is C5H10ClN. The minimum absolute atomic E-state index is 0.0752. The lowest BCUT2D eigenvalue weighted by Crippen LogP contribution is -2.29. The van der Waals surface area contributed by atoms with Crippen LogP contribution in [0.5, 0.6) is 0 Å². The summed E-state index contributed by atoms with van der Waals surface area (Å²) in [5.41, 5.74) is 5.29. The fourth-order valence-electron chi connectivity index (χ4n) is 0.758. The predicted molar refractivity (Wildman–Crippen MR) is 31.2 cm³/mol. The van der Waals surface area contributed by atoms with Gasteiger partial charge in [0, 0.05) is 0 Å². The zero-order chi connectivity index (χ0) is 5.28. The molecule has 0 radical (unpaired) electrons. The highest BCUT2D eigenvalue weighted by molar-refractivity contribution is 6.20. The van der Waals surface area contributed by atoms with Gasteiger partial charge in [0.2, 0.25) is 0 Å². The van der Waals surface area contributed by atoms with Gasteiger partial charge >= 0.3 is 0 Å². The zero-order valence-electron chi connectivity index (χ0n) is 4.23. The van der Waals surface area contributed by atoms with E-state index in [9.17, 15) is 0 Å². The molecule has 1 saturated carbocycles. The Morgan fingerprint density at radius 2 is 2.14 bits per heavy atom. The fourth-order valence-corrected chi connectivity index (χ4v) is 1.01. The van der Waals surface area contributed by atoms with Crippen molar-refractivity contribution >= 4 is 11.6 Å². The maximum atomic E-state index is 5.56. The summed E-state index contributed by atoms with van der Waals surface area (Å²) in [5.74, 6) is 0.627. The molecule has 1 atom stereocenters. The van der Waals surface area contributed by atoms with Gasteiger partial charge in [0.25, 0.3) is 0 Å². The van der Waals surface area contributed by atoms with Crippen molar-refractivity contribution < 1.29 is 0 Å². The summed E-state index contributed by atoms with van der Waals surface area (Å²) in [6.07, 6.45) is 3.81. The summed E-state index contributed by atoms with van der Waals surface area (Å²) in [6, 6.07) is 0. The highest BCUT2D eigenvalue weighted by Gasteiger charge is 2.21. The van der Waals surface area contributed by atoms with E-state index in [4.69, 9.17) is 17.3 Å². The van der Waals surface area contributed by atoms with Gasteiger partial charge in [-0.15, -0.1) is 11.6 Å². The third kappa shape index (κ3) is 1.07. The molecule has 0 amide bonds. The van der Waals surface area contributed by atoms with E-state index >= 15 is 0 Å². The van der Waals surface area contributed by atoms with Crippen LogP contribution in [0.3, 0.4) is 0 Å².